The molecule has 0 radical (unpaired) electrons. The van der Waals surface area contributed by atoms with Gasteiger partial charge in [-0.05, 0) is 33.9 Å². The average Bonchev–Trinajstić information content (AvgIpc) is 2.60. The molecule has 76 valence electrons. The zero-order chi connectivity index (χ0) is 9.47. The summed E-state index contributed by atoms with van der Waals surface area (Å²) in [6.45, 7) is 7.61. The molecule has 2 aliphatic heterocycles. The minimum atomic E-state index is -0.0653. The third kappa shape index (κ3) is 1.73. The lowest BCUT2D eigenvalue weighted by Gasteiger charge is -2.30. The van der Waals surface area contributed by atoms with Crippen molar-refractivity contribution in [3.05, 3.63) is 0 Å². The van der Waals surface area contributed by atoms with Crippen LogP contribution in [0.15, 0.2) is 0 Å². The second-order valence-electron chi connectivity index (χ2n) is 4.71. The van der Waals surface area contributed by atoms with E-state index < -0.39 is 0 Å². The molecule has 3 atom stereocenters. The molecule has 0 saturated carbocycles. The first-order valence-corrected chi connectivity index (χ1v) is 5.20. The van der Waals surface area contributed by atoms with Crippen LogP contribution in [0.5, 0.6) is 0 Å². The number of nitrogens with zero attached hydrogens (tertiary/aromatic N) is 1. The Morgan fingerprint density at radius 3 is 2.77 bits per heavy atom. The van der Waals surface area contributed by atoms with Gasteiger partial charge in [0.15, 0.2) is 0 Å². The van der Waals surface area contributed by atoms with Gasteiger partial charge in [-0.25, -0.2) is 0 Å². The summed E-state index contributed by atoms with van der Waals surface area (Å²) >= 11 is 0. The van der Waals surface area contributed by atoms with Gasteiger partial charge in [-0.15, -0.1) is 0 Å². The van der Waals surface area contributed by atoms with Crippen LogP contribution in [0.3, 0.4) is 0 Å². The van der Waals surface area contributed by atoms with Crippen LogP contribution in [0.2, 0.25) is 0 Å². The van der Waals surface area contributed by atoms with Gasteiger partial charge in [0.1, 0.15) is 5.72 Å². The first kappa shape index (κ1) is 9.44. The van der Waals surface area contributed by atoms with E-state index in [-0.39, 0.29) is 5.72 Å². The summed E-state index contributed by atoms with van der Waals surface area (Å²) in [6, 6.07) is 0.510. The maximum absolute atomic E-state index is 5.85. The number of rotatable bonds is 1. The van der Waals surface area contributed by atoms with Gasteiger partial charge in [0.05, 0.1) is 6.61 Å². The highest BCUT2D eigenvalue weighted by Gasteiger charge is 2.42. The largest absolute Gasteiger partial charge is 0.359 e. The van der Waals surface area contributed by atoms with Crippen LogP contribution in [-0.4, -0.2) is 43.4 Å². The number of likely N-dealkylation sites (tertiary alicyclic amines) is 1. The molecule has 0 bridgehead atoms. The van der Waals surface area contributed by atoms with Crippen molar-refractivity contribution in [2.75, 3.05) is 26.7 Å². The molecule has 3 heteroatoms. The second kappa shape index (κ2) is 3.23. The van der Waals surface area contributed by atoms with Crippen LogP contribution >= 0.6 is 0 Å². The Balaban J connectivity index is 1.99. The van der Waals surface area contributed by atoms with Gasteiger partial charge >= 0.3 is 0 Å². The van der Waals surface area contributed by atoms with Crippen molar-refractivity contribution in [3.8, 4) is 0 Å². The van der Waals surface area contributed by atoms with Crippen molar-refractivity contribution in [1.29, 1.82) is 0 Å². The summed E-state index contributed by atoms with van der Waals surface area (Å²) in [6.07, 6.45) is 1.26. The van der Waals surface area contributed by atoms with E-state index in [1.165, 1.54) is 13.0 Å². The maximum Gasteiger partial charge on any atom is 0.120 e. The predicted molar refractivity (Wildman–Crippen MR) is 52.6 cm³/mol. The van der Waals surface area contributed by atoms with E-state index in [4.69, 9.17) is 4.74 Å². The molecule has 1 N–H and O–H groups in total. The van der Waals surface area contributed by atoms with E-state index >= 15 is 0 Å². The Kier molecular flexibility index (Phi) is 2.34. The molecule has 3 unspecified atom stereocenters. The third-order valence-corrected chi connectivity index (χ3v) is 3.34. The smallest absolute Gasteiger partial charge is 0.120 e. The highest BCUT2D eigenvalue weighted by atomic mass is 16.5. The van der Waals surface area contributed by atoms with Crippen LogP contribution in [-0.2, 0) is 4.74 Å². The van der Waals surface area contributed by atoms with Gasteiger partial charge in [0.25, 0.3) is 0 Å². The minimum absolute atomic E-state index is 0.0653. The SMILES string of the molecule is CC1COC(C)(C2CCN(C)C2)N1. The number of ether oxygens (including phenoxy) is 1. The standard InChI is InChI=1S/C10H20N2O/c1-8-7-13-10(2,11-8)9-4-5-12(3)6-9/h8-9,11H,4-7H2,1-3H3. The second-order valence-corrected chi connectivity index (χ2v) is 4.71. The summed E-state index contributed by atoms with van der Waals surface area (Å²) in [5.41, 5.74) is -0.0653. The lowest BCUT2D eigenvalue weighted by Crippen LogP contribution is -2.47. The van der Waals surface area contributed by atoms with Gasteiger partial charge in [-0.1, -0.05) is 0 Å². The molecule has 0 aromatic rings. The van der Waals surface area contributed by atoms with Crippen molar-refractivity contribution >= 4 is 0 Å². The Hall–Kier alpha value is -0.120. The highest BCUT2D eigenvalue weighted by Crippen LogP contribution is 2.31. The molecule has 0 aromatic carbocycles. The Labute approximate surface area is 80.4 Å². The highest BCUT2D eigenvalue weighted by molar-refractivity contribution is 4.93. The first-order chi connectivity index (χ1) is 6.10. The monoisotopic (exact) mass is 184 g/mol. The summed E-state index contributed by atoms with van der Waals surface area (Å²) in [4.78, 5) is 2.38. The summed E-state index contributed by atoms with van der Waals surface area (Å²) in [5, 5.41) is 3.54. The molecular formula is C10H20N2O. The number of hydrogen-bond acceptors (Lipinski definition) is 3. The molecule has 0 aliphatic carbocycles. The van der Waals surface area contributed by atoms with Gasteiger partial charge in [0.2, 0.25) is 0 Å². The molecular weight excluding hydrogens is 164 g/mol. The van der Waals surface area contributed by atoms with Crippen molar-refractivity contribution in [2.24, 2.45) is 5.92 Å². The lowest BCUT2D eigenvalue weighted by atomic mass is 9.96. The van der Waals surface area contributed by atoms with Crippen LogP contribution in [0.1, 0.15) is 20.3 Å². The van der Waals surface area contributed by atoms with E-state index in [2.05, 4.69) is 31.1 Å². The van der Waals surface area contributed by atoms with Crippen LogP contribution in [0, 0.1) is 5.92 Å². The normalized spacial score (nSPS) is 47.3. The molecule has 0 amide bonds. The van der Waals surface area contributed by atoms with Gasteiger partial charge < -0.3 is 9.64 Å². The van der Waals surface area contributed by atoms with Gasteiger partial charge in [-0.2, -0.15) is 0 Å². The van der Waals surface area contributed by atoms with Crippen molar-refractivity contribution in [1.82, 2.24) is 10.2 Å². The van der Waals surface area contributed by atoms with E-state index in [0.717, 1.165) is 13.2 Å². The molecule has 2 rings (SSSR count). The average molecular weight is 184 g/mol. The Morgan fingerprint density at radius 2 is 2.31 bits per heavy atom. The van der Waals surface area contributed by atoms with Crippen LogP contribution in [0.4, 0.5) is 0 Å². The molecule has 13 heavy (non-hydrogen) atoms. The van der Waals surface area contributed by atoms with Crippen molar-refractivity contribution in [2.45, 2.75) is 32.0 Å². The van der Waals surface area contributed by atoms with Crippen molar-refractivity contribution in [3.63, 3.8) is 0 Å². The van der Waals surface area contributed by atoms with Gasteiger partial charge in [0, 0.05) is 18.5 Å². The van der Waals surface area contributed by atoms with Crippen LogP contribution in [0.25, 0.3) is 0 Å². The van der Waals surface area contributed by atoms with E-state index in [9.17, 15) is 0 Å². The Morgan fingerprint density at radius 1 is 1.54 bits per heavy atom. The summed E-state index contributed by atoms with van der Waals surface area (Å²) in [5.74, 6) is 0.655. The van der Waals surface area contributed by atoms with Crippen molar-refractivity contribution < 1.29 is 4.74 Å². The third-order valence-electron chi connectivity index (χ3n) is 3.34. The number of nitrogens with one attached hydrogen (secondary N) is 1. The predicted octanol–water partition coefficient (Wildman–Crippen LogP) is 0.663. The van der Waals surface area contributed by atoms with Gasteiger partial charge in [-0.3, -0.25) is 5.32 Å². The molecule has 2 heterocycles. The molecule has 0 spiro atoms. The lowest BCUT2D eigenvalue weighted by molar-refractivity contribution is -0.0390. The fourth-order valence-corrected chi connectivity index (χ4v) is 2.49. The first-order valence-electron chi connectivity index (χ1n) is 5.20. The Bertz CT molecular complexity index is 197. The number of hydrogen-bond donors (Lipinski definition) is 1. The van der Waals surface area contributed by atoms with E-state index in [1.54, 1.807) is 0 Å². The molecule has 2 aliphatic rings. The quantitative estimate of drug-likeness (QED) is 0.648. The minimum Gasteiger partial charge on any atom is -0.359 e. The van der Waals surface area contributed by atoms with Crippen LogP contribution < -0.4 is 5.32 Å². The molecule has 3 nitrogen and oxygen atoms in total. The fraction of sp³-hybridized carbons (Fsp3) is 1.00. The summed E-state index contributed by atoms with van der Waals surface area (Å²) < 4.78 is 5.85. The topological polar surface area (TPSA) is 24.5 Å². The summed E-state index contributed by atoms with van der Waals surface area (Å²) in [7, 11) is 2.18. The zero-order valence-corrected chi connectivity index (χ0v) is 8.84. The molecule has 2 fully saturated rings. The van der Waals surface area contributed by atoms with E-state index in [0.29, 0.717) is 12.0 Å². The fourth-order valence-electron chi connectivity index (χ4n) is 2.49. The molecule has 2 saturated heterocycles. The maximum atomic E-state index is 5.85. The zero-order valence-electron chi connectivity index (χ0n) is 8.84. The molecule has 0 aromatic heterocycles. The van der Waals surface area contributed by atoms with E-state index in [1.807, 2.05) is 0 Å².